The number of aromatic nitrogens is 6. The lowest BCUT2D eigenvalue weighted by atomic mass is 10.5. The summed E-state index contributed by atoms with van der Waals surface area (Å²) in [4.78, 5) is 14.5. The molecule has 0 radical (unpaired) electrons. The van der Waals surface area contributed by atoms with Gasteiger partial charge in [0.1, 0.15) is 0 Å². The fourth-order valence-corrected chi connectivity index (χ4v) is 0.729. The summed E-state index contributed by atoms with van der Waals surface area (Å²) < 4.78 is 0. The van der Waals surface area contributed by atoms with Crippen LogP contribution < -0.4 is 4.98 Å². The van der Waals surface area contributed by atoms with Gasteiger partial charge in [-0.1, -0.05) is 9.97 Å². The molecule has 0 atom stereocenters. The fourth-order valence-electron chi connectivity index (χ4n) is 0.729. The summed E-state index contributed by atoms with van der Waals surface area (Å²) in [7, 11) is 0. The first-order valence-electron chi connectivity index (χ1n) is 3.29. The number of rotatable bonds is 1. The van der Waals surface area contributed by atoms with Crippen molar-refractivity contribution in [2.45, 2.75) is 0 Å². The van der Waals surface area contributed by atoms with Crippen molar-refractivity contribution in [1.82, 2.24) is 25.1 Å². The first-order chi connectivity index (χ1) is 5.97. The van der Waals surface area contributed by atoms with E-state index in [2.05, 4.69) is 30.1 Å². The van der Waals surface area contributed by atoms with Gasteiger partial charge >= 0.3 is 5.82 Å². The van der Waals surface area contributed by atoms with E-state index in [1.54, 1.807) is 6.20 Å². The van der Waals surface area contributed by atoms with Gasteiger partial charge in [0.15, 0.2) is 0 Å². The number of nitrogens with one attached hydrogen (secondary N) is 1. The molecule has 2 aromatic heterocycles. The highest BCUT2D eigenvalue weighted by Gasteiger charge is 2.09. The topological polar surface area (TPSA) is 78.6 Å². The summed E-state index contributed by atoms with van der Waals surface area (Å²) in [6.07, 6.45) is 6.07. The number of aromatic amines is 1. The van der Waals surface area contributed by atoms with Crippen molar-refractivity contribution in [3.8, 4) is 11.6 Å². The molecule has 0 fully saturated rings. The van der Waals surface area contributed by atoms with E-state index < -0.39 is 0 Å². The molecule has 2 aromatic rings. The van der Waals surface area contributed by atoms with Gasteiger partial charge in [-0.15, -0.1) is 5.10 Å². The van der Waals surface area contributed by atoms with Crippen LogP contribution in [0.4, 0.5) is 0 Å². The maximum Gasteiger partial charge on any atom is 0.346 e. The predicted octanol–water partition coefficient (Wildman–Crippen LogP) is -0.857. The fraction of sp³-hybridized carbons (Fsp3) is 0. The van der Waals surface area contributed by atoms with E-state index >= 15 is 0 Å². The van der Waals surface area contributed by atoms with Crippen LogP contribution in [0.1, 0.15) is 0 Å². The predicted molar refractivity (Wildman–Crippen MR) is 37.4 cm³/mol. The highest BCUT2D eigenvalue weighted by Crippen LogP contribution is 2.00. The first-order valence-corrected chi connectivity index (χ1v) is 3.29. The standard InChI is InChI=1S/C6H4N6/c1-2-11-12-6(8-1)5-9-3-7-4-10-5/h1-4H/p+1. The third-order valence-corrected chi connectivity index (χ3v) is 1.21. The average Bonchev–Trinajstić information content (AvgIpc) is 2.21. The van der Waals surface area contributed by atoms with Crippen molar-refractivity contribution in [2.24, 2.45) is 0 Å². The molecule has 0 aromatic carbocycles. The van der Waals surface area contributed by atoms with Gasteiger partial charge in [0.2, 0.25) is 12.7 Å². The Morgan fingerprint density at radius 1 is 0.917 bits per heavy atom. The molecule has 0 aliphatic rings. The van der Waals surface area contributed by atoms with Crippen molar-refractivity contribution in [2.75, 3.05) is 0 Å². The van der Waals surface area contributed by atoms with Gasteiger partial charge in [0.25, 0.3) is 5.82 Å². The van der Waals surface area contributed by atoms with Crippen LogP contribution in [0.25, 0.3) is 11.6 Å². The minimum Gasteiger partial charge on any atom is -0.253 e. The highest BCUT2D eigenvalue weighted by atomic mass is 15.2. The largest absolute Gasteiger partial charge is 0.346 e. The smallest absolute Gasteiger partial charge is 0.253 e. The van der Waals surface area contributed by atoms with Crippen molar-refractivity contribution in [3.63, 3.8) is 0 Å². The number of hydrogen-bond donors (Lipinski definition) is 0. The van der Waals surface area contributed by atoms with E-state index in [1.807, 2.05) is 0 Å². The molecule has 0 spiro atoms. The monoisotopic (exact) mass is 161 g/mol. The van der Waals surface area contributed by atoms with Crippen LogP contribution in [-0.4, -0.2) is 25.1 Å². The van der Waals surface area contributed by atoms with Crippen LogP contribution in [0.15, 0.2) is 25.0 Å². The van der Waals surface area contributed by atoms with Gasteiger partial charge in [-0.25, -0.2) is 4.98 Å². The van der Waals surface area contributed by atoms with Gasteiger partial charge in [-0.05, 0) is 0 Å². The molecule has 2 heterocycles. The molecule has 0 aliphatic carbocycles. The zero-order chi connectivity index (χ0) is 8.23. The van der Waals surface area contributed by atoms with Gasteiger partial charge < -0.3 is 0 Å². The summed E-state index contributed by atoms with van der Waals surface area (Å²) in [5.74, 6) is 0.883. The van der Waals surface area contributed by atoms with Gasteiger partial charge in [-0.2, -0.15) is 5.10 Å². The van der Waals surface area contributed by atoms with Crippen LogP contribution in [0.2, 0.25) is 0 Å². The molecule has 0 aliphatic heterocycles. The number of nitrogens with zero attached hydrogens (tertiary/aromatic N) is 5. The van der Waals surface area contributed by atoms with Gasteiger partial charge in [0, 0.05) is 6.20 Å². The van der Waals surface area contributed by atoms with Crippen LogP contribution >= 0.6 is 0 Å². The normalized spacial score (nSPS) is 9.67. The van der Waals surface area contributed by atoms with Crippen molar-refractivity contribution in [3.05, 3.63) is 25.0 Å². The molecular formula is C6H5N6+. The highest BCUT2D eigenvalue weighted by molar-refractivity contribution is 5.38. The molecule has 0 unspecified atom stereocenters. The lowest BCUT2D eigenvalue weighted by molar-refractivity contribution is -0.387. The van der Waals surface area contributed by atoms with Crippen molar-refractivity contribution >= 4 is 0 Å². The molecule has 0 amide bonds. The minimum atomic E-state index is 0.423. The Bertz CT molecular complexity index is 309. The van der Waals surface area contributed by atoms with Crippen LogP contribution in [-0.2, 0) is 0 Å². The molecule has 6 nitrogen and oxygen atoms in total. The lowest BCUT2D eigenvalue weighted by Crippen LogP contribution is -2.05. The Morgan fingerprint density at radius 3 is 2.42 bits per heavy atom. The Balaban J connectivity index is 2.46. The summed E-state index contributed by atoms with van der Waals surface area (Å²) >= 11 is 0. The van der Waals surface area contributed by atoms with Crippen molar-refractivity contribution < 1.29 is 4.98 Å². The molecule has 1 N–H and O–H groups in total. The second-order valence-electron chi connectivity index (χ2n) is 1.97. The van der Waals surface area contributed by atoms with E-state index in [0.29, 0.717) is 11.6 Å². The Labute approximate surface area is 67.8 Å². The van der Waals surface area contributed by atoms with E-state index in [-0.39, 0.29) is 0 Å². The molecule has 0 bridgehead atoms. The van der Waals surface area contributed by atoms with Crippen LogP contribution in [0, 0.1) is 0 Å². The van der Waals surface area contributed by atoms with Crippen molar-refractivity contribution in [1.29, 1.82) is 0 Å². The third kappa shape index (κ3) is 1.22. The average molecular weight is 161 g/mol. The lowest BCUT2D eigenvalue weighted by Gasteiger charge is -1.86. The second kappa shape index (κ2) is 2.95. The van der Waals surface area contributed by atoms with Gasteiger partial charge in [-0.3, -0.25) is 4.98 Å². The Kier molecular flexibility index (Phi) is 1.65. The maximum atomic E-state index is 3.94. The van der Waals surface area contributed by atoms with E-state index in [9.17, 15) is 0 Å². The summed E-state index contributed by atoms with van der Waals surface area (Å²) in [5.41, 5.74) is 0. The molecular weight excluding hydrogens is 156 g/mol. The molecule has 12 heavy (non-hydrogen) atoms. The zero-order valence-electron chi connectivity index (χ0n) is 6.05. The summed E-state index contributed by atoms with van der Waals surface area (Å²) in [6.45, 7) is 0. The van der Waals surface area contributed by atoms with Crippen LogP contribution in [0.3, 0.4) is 0 Å². The third-order valence-electron chi connectivity index (χ3n) is 1.21. The maximum absolute atomic E-state index is 3.94. The molecule has 0 saturated carbocycles. The first kappa shape index (κ1) is 6.71. The molecule has 0 saturated heterocycles. The molecule has 2 rings (SSSR count). The SMILES string of the molecule is c1cnc(-c2nc[nH+]cn2)nn1. The molecule has 58 valence electrons. The van der Waals surface area contributed by atoms with E-state index in [0.717, 1.165) is 0 Å². The summed E-state index contributed by atoms with van der Waals surface area (Å²) in [5, 5.41) is 7.41. The molecule has 6 heteroatoms. The quantitative estimate of drug-likeness (QED) is 0.544. The van der Waals surface area contributed by atoms with E-state index in [4.69, 9.17) is 0 Å². The number of hydrogen-bond acceptors (Lipinski definition) is 5. The Hall–Kier alpha value is -1.98. The zero-order valence-corrected chi connectivity index (χ0v) is 6.05. The second-order valence-corrected chi connectivity index (χ2v) is 1.97. The number of H-pyrrole nitrogens is 1. The van der Waals surface area contributed by atoms with Crippen LogP contribution in [0.5, 0.6) is 0 Å². The van der Waals surface area contributed by atoms with Gasteiger partial charge in [0.05, 0.1) is 6.20 Å². The Morgan fingerprint density at radius 2 is 1.75 bits per heavy atom. The summed E-state index contributed by atoms with van der Waals surface area (Å²) in [6, 6.07) is 0. The van der Waals surface area contributed by atoms with E-state index in [1.165, 1.54) is 18.9 Å². The minimum absolute atomic E-state index is 0.423.